The number of rotatable bonds is 3. The average molecular weight is 246 g/mol. The van der Waals surface area contributed by atoms with E-state index in [0.717, 1.165) is 16.4 Å². The molecule has 1 unspecified atom stereocenters. The Kier molecular flexibility index (Phi) is 5.21. The molecule has 0 bridgehead atoms. The van der Waals surface area contributed by atoms with Gasteiger partial charge in [-0.25, -0.2) is 0 Å². The first-order valence-corrected chi connectivity index (χ1v) is 6.29. The van der Waals surface area contributed by atoms with Crippen LogP contribution in [0.4, 0.5) is 0 Å². The first-order chi connectivity index (χ1) is 7.81. The van der Waals surface area contributed by atoms with Crippen molar-refractivity contribution >= 4 is 27.2 Å². The van der Waals surface area contributed by atoms with E-state index in [1.807, 2.05) is 54.6 Å². The molecule has 1 atom stereocenters. The molecule has 88 valence electrons. The molecule has 0 heterocycles. The SMILES string of the molecule is B.COc1cccc(P(O)c2ccccc2)c1. The first-order valence-electron chi connectivity index (χ1n) is 4.99. The van der Waals surface area contributed by atoms with E-state index in [1.165, 1.54) is 0 Å². The monoisotopic (exact) mass is 246 g/mol. The third-order valence-electron chi connectivity index (χ3n) is 2.30. The molecule has 1 N–H and O–H groups in total. The van der Waals surface area contributed by atoms with Gasteiger partial charge in [0.15, 0.2) is 0 Å². The molecular weight excluding hydrogens is 230 g/mol. The van der Waals surface area contributed by atoms with Gasteiger partial charge in [-0.15, -0.1) is 0 Å². The molecule has 0 aromatic heterocycles. The molecule has 4 heteroatoms. The van der Waals surface area contributed by atoms with Gasteiger partial charge in [-0.3, -0.25) is 0 Å². The van der Waals surface area contributed by atoms with E-state index in [4.69, 9.17) is 4.74 Å². The van der Waals surface area contributed by atoms with Crippen molar-refractivity contribution in [2.75, 3.05) is 7.11 Å². The molecule has 2 nitrogen and oxygen atoms in total. The van der Waals surface area contributed by atoms with Crippen LogP contribution in [0.15, 0.2) is 54.6 Å². The van der Waals surface area contributed by atoms with E-state index in [-0.39, 0.29) is 8.41 Å². The summed E-state index contributed by atoms with van der Waals surface area (Å²) in [5.41, 5.74) is 0. The second-order valence-electron chi connectivity index (χ2n) is 3.35. The van der Waals surface area contributed by atoms with E-state index >= 15 is 0 Å². The molecule has 0 aliphatic rings. The Balaban J connectivity index is 0.00000144. The summed E-state index contributed by atoms with van der Waals surface area (Å²) in [6, 6.07) is 17.2. The molecule has 0 saturated carbocycles. The smallest absolute Gasteiger partial charge is 0.119 e. The van der Waals surface area contributed by atoms with Crippen LogP contribution in [0.25, 0.3) is 0 Å². The third-order valence-corrected chi connectivity index (χ3v) is 3.85. The van der Waals surface area contributed by atoms with Crippen LogP contribution in [0.5, 0.6) is 5.75 Å². The zero-order valence-electron chi connectivity index (χ0n) is 9.00. The predicted molar refractivity (Wildman–Crippen MR) is 77.8 cm³/mol. The molecule has 0 amide bonds. The third kappa shape index (κ3) is 3.32. The quantitative estimate of drug-likeness (QED) is 0.642. The normalized spacial score (nSPS) is 11.4. The van der Waals surface area contributed by atoms with Gasteiger partial charge in [0, 0.05) is 10.6 Å². The van der Waals surface area contributed by atoms with Gasteiger partial charge in [-0.05, 0) is 12.1 Å². The Labute approximate surface area is 105 Å². The predicted octanol–water partition coefficient (Wildman–Crippen LogP) is 0.851. The Hall–Kier alpha value is -1.31. The number of hydrogen-bond acceptors (Lipinski definition) is 2. The molecule has 0 spiro atoms. The molecule has 2 aromatic carbocycles. The van der Waals surface area contributed by atoms with Gasteiger partial charge in [-0.2, -0.15) is 0 Å². The van der Waals surface area contributed by atoms with Crippen molar-refractivity contribution in [2.45, 2.75) is 0 Å². The zero-order chi connectivity index (χ0) is 11.4. The molecule has 0 aliphatic carbocycles. The van der Waals surface area contributed by atoms with Crippen LogP contribution in [-0.4, -0.2) is 20.4 Å². The second-order valence-corrected chi connectivity index (χ2v) is 5.01. The van der Waals surface area contributed by atoms with E-state index in [2.05, 4.69) is 0 Å². The summed E-state index contributed by atoms with van der Waals surface area (Å²) >= 11 is 0. The summed E-state index contributed by atoms with van der Waals surface area (Å²) in [7, 11) is 0.354. The second kappa shape index (κ2) is 6.44. The summed E-state index contributed by atoms with van der Waals surface area (Å²) < 4.78 is 5.14. The van der Waals surface area contributed by atoms with Gasteiger partial charge in [0.25, 0.3) is 0 Å². The molecule has 0 saturated heterocycles. The van der Waals surface area contributed by atoms with Crippen LogP contribution in [0.1, 0.15) is 0 Å². The van der Waals surface area contributed by atoms with Gasteiger partial charge in [0.1, 0.15) is 5.75 Å². The fraction of sp³-hybridized carbons (Fsp3) is 0.0769. The minimum absolute atomic E-state index is 0. The van der Waals surface area contributed by atoms with Crippen LogP contribution in [0.2, 0.25) is 0 Å². The van der Waals surface area contributed by atoms with Crippen molar-refractivity contribution in [3.05, 3.63) is 54.6 Å². The summed E-state index contributed by atoms with van der Waals surface area (Å²) in [6.45, 7) is 0. The van der Waals surface area contributed by atoms with Gasteiger partial charge in [0.05, 0.1) is 23.7 Å². The number of hydrogen-bond donors (Lipinski definition) is 1. The summed E-state index contributed by atoms with van der Waals surface area (Å²) in [4.78, 5) is 10.2. The van der Waals surface area contributed by atoms with Crippen LogP contribution in [-0.2, 0) is 0 Å². The van der Waals surface area contributed by atoms with Crippen molar-refractivity contribution in [1.82, 2.24) is 0 Å². The first kappa shape index (κ1) is 13.8. The summed E-state index contributed by atoms with van der Waals surface area (Å²) in [6.07, 6.45) is 0. The van der Waals surface area contributed by atoms with Crippen LogP contribution in [0, 0.1) is 0 Å². The largest absolute Gasteiger partial charge is 0.497 e. The van der Waals surface area contributed by atoms with Gasteiger partial charge < -0.3 is 9.63 Å². The molecule has 0 aliphatic heterocycles. The van der Waals surface area contributed by atoms with Crippen LogP contribution in [0.3, 0.4) is 0 Å². The highest BCUT2D eigenvalue weighted by molar-refractivity contribution is 7.67. The number of benzene rings is 2. The highest BCUT2D eigenvalue weighted by atomic mass is 31.1. The number of ether oxygens (including phenoxy) is 1. The highest BCUT2D eigenvalue weighted by Gasteiger charge is 2.10. The maximum Gasteiger partial charge on any atom is 0.119 e. The lowest BCUT2D eigenvalue weighted by Gasteiger charge is -2.11. The lowest BCUT2D eigenvalue weighted by atomic mass is 10.3. The minimum Gasteiger partial charge on any atom is -0.497 e. The Morgan fingerprint density at radius 1 is 0.941 bits per heavy atom. The Bertz CT molecular complexity index is 462. The lowest BCUT2D eigenvalue weighted by molar-refractivity contribution is 0.415. The Morgan fingerprint density at radius 3 is 2.24 bits per heavy atom. The topological polar surface area (TPSA) is 29.5 Å². The van der Waals surface area contributed by atoms with Crippen LogP contribution >= 0.6 is 8.15 Å². The van der Waals surface area contributed by atoms with Crippen molar-refractivity contribution in [2.24, 2.45) is 0 Å². The van der Waals surface area contributed by atoms with E-state index in [0.29, 0.717) is 0 Å². The molecule has 2 aromatic rings. The summed E-state index contributed by atoms with van der Waals surface area (Å²) in [5, 5.41) is 1.85. The van der Waals surface area contributed by atoms with Gasteiger partial charge in [0.2, 0.25) is 0 Å². The molecule has 2 rings (SSSR count). The fourth-order valence-corrected chi connectivity index (χ4v) is 2.69. The fourth-order valence-electron chi connectivity index (χ4n) is 1.46. The lowest BCUT2D eigenvalue weighted by Crippen LogP contribution is -2.10. The zero-order valence-corrected chi connectivity index (χ0v) is 9.89. The maximum atomic E-state index is 10.2. The van der Waals surface area contributed by atoms with Crippen molar-refractivity contribution in [3.63, 3.8) is 0 Å². The highest BCUT2D eigenvalue weighted by Crippen LogP contribution is 2.28. The van der Waals surface area contributed by atoms with Crippen LogP contribution < -0.4 is 15.3 Å². The van der Waals surface area contributed by atoms with Gasteiger partial charge in [-0.1, -0.05) is 42.5 Å². The van der Waals surface area contributed by atoms with Crippen molar-refractivity contribution in [3.8, 4) is 5.75 Å². The van der Waals surface area contributed by atoms with E-state index < -0.39 is 8.15 Å². The Morgan fingerprint density at radius 2 is 1.59 bits per heavy atom. The average Bonchev–Trinajstić information content (AvgIpc) is 2.39. The molecular formula is C13H16BO2P. The number of methoxy groups -OCH3 is 1. The maximum absolute atomic E-state index is 10.2. The van der Waals surface area contributed by atoms with E-state index in [9.17, 15) is 4.89 Å². The standard InChI is InChI=1S/C13H13O2P.BH3/c1-15-11-6-5-9-13(10-11)16(14)12-7-3-2-4-8-12;/h2-10,14H,1H3;1H3. The molecule has 0 radical (unpaired) electrons. The molecule has 0 fully saturated rings. The van der Waals surface area contributed by atoms with Gasteiger partial charge >= 0.3 is 0 Å². The minimum atomic E-state index is -1.27. The van der Waals surface area contributed by atoms with Crippen molar-refractivity contribution in [1.29, 1.82) is 0 Å². The summed E-state index contributed by atoms with van der Waals surface area (Å²) in [5.74, 6) is 0.773. The van der Waals surface area contributed by atoms with Crippen molar-refractivity contribution < 1.29 is 9.63 Å². The molecule has 17 heavy (non-hydrogen) atoms. The van der Waals surface area contributed by atoms with E-state index in [1.54, 1.807) is 7.11 Å².